The topological polar surface area (TPSA) is 15.3 Å². The summed E-state index contributed by atoms with van der Waals surface area (Å²) in [5, 5.41) is 3.41. The Morgan fingerprint density at radius 2 is 1.55 bits per heavy atom. The molecule has 106 valence electrons. The second-order valence-corrected chi connectivity index (χ2v) is 5.25. The van der Waals surface area contributed by atoms with Gasteiger partial charge in [0.05, 0.1) is 0 Å². The van der Waals surface area contributed by atoms with Crippen molar-refractivity contribution in [1.29, 1.82) is 0 Å². The first-order chi connectivity index (χ1) is 9.79. The summed E-state index contributed by atoms with van der Waals surface area (Å²) >= 11 is 0. The third kappa shape index (κ3) is 4.48. The predicted molar refractivity (Wildman–Crippen MR) is 85.9 cm³/mol. The standard InChI is InChI=1S/C18H24N2/c1-19-18(17-11-7-4-8-12-17)15-20(2)14-13-16-9-5-3-6-10-16/h3-12,18-19H,13-15H2,1-2H3. The van der Waals surface area contributed by atoms with Crippen LogP contribution >= 0.6 is 0 Å². The van der Waals surface area contributed by atoms with Crippen molar-refractivity contribution >= 4 is 0 Å². The van der Waals surface area contributed by atoms with Crippen LogP contribution in [0.5, 0.6) is 0 Å². The van der Waals surface area contributed by atoms with E-state index in [2.05, 4.69) is 77.9 Å². The Morgan fingerprint density at radius 1 is 0.950 bits per heavy atom. The van der Waals surface area contributed by atoms with E-state index >= 15 is 0 Å². The summed E-state index contributed by atoms with van der Waals surface area (Å²) in [6.07, 6.45) is 1.10. The molecule has 1 unspecified atom stereocenters. The van der Waals surface area contributed by atoms with Crippen LogP contribution in [0.15, 0.2) is 60.7 Å². The van der Waals surface area contributed by atoms with Gasteiger partial charge in [0.1, 0.15) is 0 Å². The minimum Gasteiger partial charge on any atom is -0.312 e. The molecule has 1 N–H and O–H groups in total. The third-order valence-electron chi connectivity index (χ3n) is 3.67. The smallest absolute Gasteiger partial charge is 0.0446 e. The van der Waals surface area contributed by atoms with Crippen molar-refractivity contribution in [3.8, 4) is 0 Å². The van der Waals surface area contributed by atoms with Gasteiger partial charge in [0, 0.05) is 19.1 Å². The molecule has 0 aliphatic heterocycles. The van der Waals surface area contributed by atoms with Crippen molar-refractivity contribution in [2.45, 2.75) is 12.5 Å². The first-order valence-electron chi connectivity index (χ1n) is 7.24. The van der Waals surface area contributed by atoms with E-state index in [0.29, 0.717) is 6.04 Å². The van der Waals surface area contributed by atoms with Gasteiger partial charge in [-0.3, -0.25) is 0 Å². The van der Waals surface area contributed by atoms with Gasteiger partial charge in [0.15, 0.2) is 0 Å². The van der Waals surface area contributed by atoms with E-state index in [-0.39, 0.29) is 0 Å². The molecule has 2 nitrogen and oxygen atoms in total. The average Bonchev–Trinajstić information content (AvgIpc) is 2.52. The molecule has 2 aromatic rings. The maximum Gasteiger partial charge on any atom is 0.0446 e. The molecule has 0 aliphatic rings. The van der Waals surface area contributed by atoms with E-state index in [1.165, 1.54) is 11.1 Å². The van der Waals surface area contributed by atoms with E-state index in [1.54, 1.807) is 0 Å². The van der Waals surface area contributed by atoms with Crippen molar-refractivity contribution in [2.24, 2.45) is 0 Å². The lowest BCUT2D eigenvalue weighted by molar-refractivity contribution is 0.300. The fraction of sp³-hybridized carbons (Fsp3) is 0.333. The summed E-state index contributed by atoms with van der Waals surface area (Å²) in [4.78, 5) is 2.39. The minimum absolute atomic E-state index is 0.386. The lowest BCUT2D eigenvalue weighted by Crippen LogP contribution is -2.32. The lowest BCUT2D eigenvalue weighted by atomic mass is 10.1. The molecule has 1 atom stereocenters. The summed E-state index contributed by atoms with van der Waals surface area (Å²) in [5.74, 6) is 0. The second-order valence-electron chi connectivity index (χ2n) is 5.25. The molecule has 0 saturated heterocycles. The number of nitrogens with one attached hydrogen (secondary N) is 1. The van der Waals surface area contributed by atoms with Crippen molar-refractivity contribution in [3.63, 3.8) is 0 Å². The van der Waals surface area contributed by atoms with Crippen molar-refractivity contribution in [3.05, 3.63) is 71.8 Å². The molecule has 0 bridgehead atoms. The van der Waals surface area contributed by atoms with Gasteiger partial charge in [-0.2, -0.15) is 0 Å². The first kappa shape index (κ1) is 14.8. The van der Waals surface area contributed by atoms with E-state index in [9.17, 15) is 0 Å². The number of nitrogens with zero attached hydrogens (tertiary/aromatic N) is 1. The molecule has 0 heterocycles. The molecule has 0 amide bonds. The molecule has 20 heavy (non-hydrogen) atoms. The van der Waals surface area contributed by atoms with Crippen LogP contribution in [0.1, 0.15) is 17.2 Å². The highest BCUT2D eigenvalue weighted by Crippen LogP contribution is 2.13. The zero-order valence-electron chi connectivity index (χ0n) is 12.4. The van der Waals surface area contributed by atoms with Crippen molar-refractivity contribution in [1.82, 2.24) is 10.2 Å². The van der Waals surface area contributed by atoms with Gasteiger partial charge in [-0.25, -0.2) is 0 Å². The van der Waals surface area contributed by atoms with Crippen molar-refractivity contribution < 1.29 is 0 Å². The number of hydrogen-bond acceptors (Lipinski definition) is 2. The average molecular weight is 268 g/mol. The highest BCUT2D eigenvalue weighted by atomic mass is 15.1. The zero-order valence-corrected chi connectivity index (χ0v) is 12.4. The van der Waals surface area contributed by atoms with E-state index < -0.39 is 0 Å². The van der Waals surface area contributed by atoms with Gasteiger partial charge in [-0.1, -0.05) is 60.7 Å². The van der Waals surface area contributed by atoms with Crippen LogP contribution in [0.4, 0.5) is 0 Å². The number of benzene rings is 2. The van der Waals surface area contributed by atoms with Crippen LogP contribution in [-0.4, -0.2) is 32.1 Å². The first-order valence-corrected chi connectivity index (χ1v) is 7.24. The van der Waals surface area contributed by atoms with Crippen LogP contribution in [0.2, 0.25) is 0 Å². The number of likely N-dealkylation sites (N-methyl/N-ethyl adjacent to an activating group) is 2. The van der Waals surface area contributed by atoms with Crippen LogP contribution in [0.25, 0.3) is 0 Å². The van der Waals surface area contributed by atoms with Crippen LogP contribution in [0, 0.1) is 0 Å². The van der Waals surface area contributed by atoms with Crippen LogP contribution in [0.3, 0.4) is 0 Å². The second kappa shape index (κ2) is 7.83. The largest absolute Gasteiger partial charge is 0.312 e. The Morgan fingerprint density at radius 3 is 2.15 bits per heavy atom. The molecule has 0 fully saturated rings. The molecule has 2 aromatic carbocycles. The van der Waals surface area contributed by atoms with Crippen LogP contribution in [-0.2, 0) is 6.42 Å². The normalized spacial score (nSPS) is 12.6. The Balaban J connectivity index is 1.85. The van der Waals surface area contributed by atoms with Gasteiger partial charge in [0.2, 0.25) is 0 Å². The summed E-state index contributed by atoms with van der Waals surface area (Å²) < 4.78 is 0. The summed E-state index contributed by atoms with van der Waals surface area (Å²) in [5.41, 5.74) is 2.75. The molecule has 2 rings (SSSR count). The Bertz CT molecular complexity index is 481. The van der Waals surface area contributed by atoms with Gasteiger partial charge < -0.3 is 10.2 Å². The molecule has 0 radical (unpaired) electrons. The fourth-order valence-electron chi connectivity index (χ4n) is 2.42. The number of rotatable bonds is 7. The zero-order chi connectivity index (χ0) is 14.2. The molecule has 0 spiro atoms. The van der Waals surface area contributed by atoms with Crippen LogP contribution < -0.4 is 5.32 Å². The monoisotopic (exact) mass is 268 g/mol. The third-order valence-corrected chi connectivity index (χ3v) is 3.67. The molecular weight excluding hydrogens is 244 g/mol. The van der Waals surface area contributed by atoms with Gasteiger partial charge in [-0.05, 0) is 31.6 Å². The predicted octanol–water partition coefficient (Wildman–Crippen LogP) is 3.12. The van der Waals surface area contributed by atoms with Gasteiger partial charge in [-0.15, -0.1) is 0 Å². The summed E-state index contributed by atoms with van der Waals surface area (Å²) in [6.45, 7) is 2.10. The molecule has 0 saturated carbocycles. The van der Waals surface area contributed by atoms with Gasteiger partial charge >= 0.3 is 0 Å². The van der Waals surface area contributed by atoms with E-state index in [0.717, 1.165) is 19.5 Å². The highest BCUT2D eigenvalue weighted by molar-refractivity contribution is 5.19. The molecule has 0 aliphatic carbocycles. The summed E-state index contributed by atoms with van der Waals surface area (Å²) in [7, 11) is 4.22. The Hall–Kier alpha value is -1.64. The maximum absolute atomic E-state index is 3.41. The SMILES string of the molecule is CNC(CN(C)CCc1ccccc1)c1ccccc1. The van der Waals surface area contributed by atoms with Gasteiger partial charge in [0.25, 0.3) is 0 Å². The fourth-order valence-corrected chi connectivity index (χ4v) is 2.42. The maximum atomic E-state index is 3.41. The highest BCUT2D eigenvalue weighted by Gasteiger charge is 2.11. The Labute approximate surface area is 122 Å². The lowest BCUT2D eigenvalue weighted by Gasteiger charge is -2.24. The molecule has 0 aromatic heterocycles. The Kier molecular flexibility index (Phi) is 5.78. The molecular formula is C18H24N2. The quantitative estimate of drug-likeness (QED) is 0.830. The summed E-state index contributed by atoms with van der Waals surface area (Å²) in [6, 6.07) is 21.7. The minimum atomic E-state index is 0.386. The van der Waals surface area contributed by atoms with E-state index in [4.69, 9.17) is 0 Å². The van der Waals surface area contributed by atoms with Crippen molar-refractivity contribution in [2.75, 3.05) is 27.2 Å². The van der Waals surface area contributed by atoms with E-state index in [1.807, 2.05) is 7.05 Å². The molecule has 2 heteroatoms. The number of hydrogen-bond donors (Lipinski definition) is 1.